The SMILES string of the molecule is Cc1nc(N)cc(OCc2ccccc2F)n1. The van der Waals surface area contributed by atoms with E-state index >= 15 is 0 Å². The van der Waals surface area contributed by atoms with Gasteiger partial charge in [-0.25, -0.2) is 9.37 Å². The first-order chi connectivity index (χ1) is 8.15. The van der Waals surface area contributed by atoms with Gasteiger partial charge in [-0.3, -0.25) is 0 Å². The standard InChI is InChI=1S/C12H12FN3O/c1-8-15-11(14)6-12(16-8)17-7-9-4-2-3-5-10(9)13/h2-6H,7H2,1H3,(H2,14,15,16). The van der Waals surface area contributed by atoms with E-state index in [-0.39, 0.29) is 12.4 Å². The molecular formula is C12H12FN3O. The summed E-state index contributed by atoms with van der Waals surface area (Å²) in [7, 11) is 0. The Morgan fingerprint density at radius 1 is 1.29 bits per heavy atom. The summed E-state index contributed by atoms with van der Waals surface area (Å²) in [4.78, 5) is 7.96. The number of nitrogen functional groups attached to an aromatic ring is 1. The van der Waals surface area contributed by atoms with Gasteiger partial charge in [0.05, 0.1) is 0 Å². The van der Waals surface area contributed by atoms with E-state index < -0.39 is 0 Å². The molecular weight excluding hydrogens is 221 g/mol. The summed E-state index contributed by atoms with van der Waals surface area (Å²) in [5.74, 6) is 0.902. The number of halogens is 1. The van der Waals surface area contributed by atoms with Crippen LogP contribution < -0.4 is 10.5 Å². The molecule has 0 bridgehead atoms. The molecule has 0 amide bonds. The van der Waals surface area contributed by atoms with Crippen molar-refractivity contribution in [2.75, 3.05) is 5.73 Å². The number of hydrogen-bond acceptors (Lipinski definition) is 4. The first-order valence-electron chi connectivity index (χ1n) is 5.12. The lowest BCUT2D eigenvalue weighted by molar-refractivity contribution is 0.287. The quantitative estimate of drug-likeness (QED) is 0.881. The third kappa shape index (κ3) is 2.90. The highest BCUT2D eigenvalue weighted by Gasteiger charge is 2.04. The van der Waals surface area contributed by atoms with Crippen LogP contribution in [-0.2, 0) is 6.61 Å². The average Bonchev–Trinajstić information content (AvgIpc) is 2.27. The number of nitrogens with zero attached hydrogens (tertiary/aromatic N) is 2. The maximum atomic E-state index is 13.3. The number of anilines is 1. The lowest BCUT2D eigenvalue weighted by Gasteiger charge is -2.07. The first kappa shape index (κ1) is 11.3. The van der Waals surface area contributed by atoms with Crippen LogP contribution in [0.25, 0.3) is 0 Å². The third-order valence-electron chi connectivity index (χ3n) is 2.17. The van der Waals surface area contributed by atoms with Crippen LogP contribution in [-0.4, -0.2) is 9.97 Å². The molecule has 0 radical (unpaired) electrons. The number of nitrogens with two attached hydrogens (primary N) is 1. The monoisotopic (exact) mass is 233 g/mol. The molecule has 0 aliphatic rings. The summed E-state index contributed by atoms with van der Waals surface area (Å²) >= 11 is 0. The molecule has 0 fully saturated rings. The van der Waals surface area contributed by atoms with Gasteiger partial charge in [0.2, 0.25) is 5.88 Å². The van der Waals surface area contributed by atoms with Crippen molar-refractivity contribution in [1.29, 1.82) is 0 Å². The predicted molar refractivity (Wildman–Crippen MR) is 61.9 cm³/mol. The van der Waals surface area contributed by atoms with Gasteiger partial charge in [-0.2, -0.15) is 4.98 Å². The Bertz CT molecular complexity index is 511. The molecule has 0 aliphatic heterocycles. The van der Waals surface area contributed by atoms with E-state index in [2.05, 4.69) is 9.97 Å². The summed E-state index contributed by atoms with van der Waals surface area (Å²) in [6, 6.07) is 7.94. The number of aromatic nitrogens is 2. The van der Waals surface area contributed by atoms with E-state index in [1.807, 2.05) is 0 Å². The Kier molecular flexibility index (Phi) is 3.18. The van der Waals surface area contributed by atoms with E-state index in [1.54, 1.807) is 25.1 Å². The van der Waals surface area contributed by atoms with Gasteiger partial charge in [0.15, 0.2) is 0 Å². The highest BCUT2D eigenvalue weighted by atomic mass is 19.1. The van der Waals surface area contributed by atoms with Gasteiger partial charge in [0, 0.05) is 11.6 Å². The molecule has 4 nitrogen and oxygen atoms in total. The molecule has 2 aromatic rings. The van der Waals surface area contributed by atoms with E-state index in [9.17, 15) is 4.39 Å². The second-order valence-corrected chi connectivity index (χ2v) is 3.56. The fraction of sp³-hybridized carbons (Fsp3) is 0.167. The molecule has 17 heavy (non-hydrogen) atoms. The lowest BCUT2D eigenvalue weighted by atomic mass is 10.2. The van der Waals surface area contributed by atoms with Crippen LogP contribution >= 0.6 is 0 Å². The van der Waals surface area contributed by atoms with Crippen molar-refractivity contribution in [3.8, 4) is 5.88 Å². The third-order valence-corrected chi connectivity index (χ3v) is 2.17. The molecule has 1 heterocycles. The van der Waals surface area contributed by atoms with Gasteiger partial charge in [0.25, 0.3) is 0 Å². The van der Waals surface area contributed by atoms with Crippen LogP contribution in [0.5, 0.6) is 5.88 Å². The minimum atomic E-state index is -0.300. The van der Waals surface area contributed by atoms with Crippen LogP contribution in [0.15, 0.2) is 30.3 Å². The molecule has 0 saturated heterocycles. The maximum Gasteiger partial charge on any atom is 0.219 e. The molecule has 2 N–H and O–H groups in total. The molecule has 0 spiro atoms. The van der Waals surface area contributed by atoms with Gasteiger partial charge in [-0.1, -0.05) is 18.2 Å². The van der Waals surface area contributed by atoms with Gasteiger partial charge in [0.1, 0.15) is 24.1 Å². The molecule has 0 unspecified atom stereocenters. The highest BCUT2D eigenvalue weighted by molar-refractivity contribution is 5.32. The Hall–Kier alpha value is -2.17. The predicted octanol–water partition coefficient (Wildman–Crippen LogP) is 2.09. The number of ether oxygens (including phenoxy) is 1. The summed E-state index contributed by atoms with van der Waals surface area (Å²) < 4.78 is 18.7. The molecule has 88 valence electrons. The van der Waals surface area contributed by atoms with Gasteiger partial charge >= 0.3 is 0 Å². The zero-order valence-electron chi connectivity index (χ0n) is 9.35. The van der Waals surface area contributed by atoms with Crippen molar-refractivity contribution < 1.29 is 9.13 Å². The number of hydrogen-bond donors (Lipinski definition) is 1. The van der Waals surface area contributed by atoms with Gasteiger partial charge in [-0.15, -0.1) is 0 Å². The van der Waals surface area contributed by atoms with E-state index in [4.69, 9.17) is 10.5 Å². The molecule has 0 atom stereocenters. The lowest BCUT2D eigenvalue weighted by Crippen LogP contribution is -2.03. The van der Waals surface area contributed by atoms with Crippen LogP contribution in [0.3, 0.4) is 0 Å². The smallest absolute Gasteiger partial charge is 0.219 e. The first-order valence-corrected chi connectivity index (χ1v) is 5.12. The Morgan fingerprint density at radius 2 is 2.06 bits per heavy atom. The van der Waals surface area contributed by atoms with Crippen LogP contribution in [0.2, 0.25) is 0 Å². The molecule has 5 heteroatoms. The highest BCUT2D eigenvalue weighted by Crippen LogP contribution is 2.14. The fourth-order valence-electron chi connectivity index (χ4n) is 1.40. The Morgan fingerprint density at radius 3 is 2.76 bits per heavy atom. The minimum absolute atomic E-state index is 0.114. The number of benzene rings is 1. The van der Waals surface area contributed by atoms with Crippen molar-refractivity contribution >= 4 is 5.82 Å². The molecule has 0 aliphatic carbocycles. The van der Waals surface area contributed by atoms with E-state index in [0.29, 0.717) is 23.1 Å². The maximum absolute atomic E-state index is 13.3. The molecule has 1 aromatic carbocycles. The van der Waals surface area contributed by atoms with Crippen LogP contribution in [0.4, 0.5) is 10.2 Å². The van der Waals surface area contributed by atoms with E-state index in [0.717, 1.165) is 0 Å². The fourth-order valence-corrected chi connectivity index (χ4v) is 1.40. The van der Waals surface area contributed by atoms with Crippen molar-refractivity contribution in [2.45, 2.75) is 13.5 Å². The molecule has 0 saturated carbocycles. The van der Waals surface area contributed by atoms with E-state index in [1.165, 1.54) is 12.1 Å². The van der Waals surface area contributed by atoms with Crippen LogP contribution in [0.1, 0.15) is 11.4 Å². The Labute approximate surface area is 98.3 Å². The second-order valence-electron chi connectivity index (χ2n) is 3.56. The summed E-state index contributed by atoms with van der Waals surface area (Å²) in [5.41, 5.74) is 6.03. The summed E-state index contributed by atoms with van der Waals surface area (Å²) in [6.07, 6.45) is 0. The van der Waals surface area contributed by atoms with Gasteiger partial charge < -0.3 is 10.5 Å². The summed E-state index contributed by atoms with van der Waals surface area (Å²) in [5, 5.41) is 0. The van der Waals surface area contributed by atoms with Crippen molar-refractivity contribution in [2.24, 2.45) is 0 Å². The number of aryl methyl sites for hydroxylation is 1. The van der Waals surface area contributed by atoms with Crippen molar-refractivity contribution in [1.82, 2.24) is 9.97 Å². The normalized spacial score (nSPS) is 10.2. The average molecular weight is 233 g/mol. The topological polar surface area (TPSA) is 61.0 Å². The molecule has 2 rings (SSSR count). The van der Waals surface area contributed by atoms with Crippen molar-refractivity contribution in [3.05, 3.63) is 47.5 Å². The molecule has 1 aromatic heterocycles. The van der Waals surface area contributed by atoms with Crippen molar-refractivity contribution in [3.63, 3.8) is 0 Å². The Balaban J connectivity index is 2.10. The second kappa shape index (κ2) is 4.78. The zero-order chi connectivity index (χ0) is 12.3. The zero-order valence-corrected chi connectivity index (χ0v) is 9.35. The number of rotatable bonds is 3. The van der Waals surface area contributed by atoms with Gasteiger partial charge in [-0.05, 0) is 13.0 Å². The largest absolute Gasteiger partial charge is 0.473 e. The van der Waals surface area contributed by atoms with Crippen LogP contribution in [0, 0.1) is 12.7 Å². The summed E-state index contributed by atoms with van der Waals surface area (Å²) in [6.45, 7) is 1.83. The minimum Gasteiger partial charge on any atom is -0.473 e.